The van der Waals surface area contributed by atoms with E-state index in [0.29, 0.717) is 30.8 Å². The van der Waals surface area contributed by atoms with Crippen molar-refractivity contribution in [3.05, 3.63) is 42.5 Å². The van der Waals surface area contributed by atoms with E-state index in [2.05, 4.69) is 44.0 Å². The Morgan fingerprint density at radius 2 is 1.91 bits per heavy atom. The minimum atomic E-state index is -0.559. The van der Waals surface area contributed by atoms with E-state index < -0.39 is 5.54 Å². The van der Waals surface area contributed by atoms with Crippen LogP contribution in [0.1, 0.15) is 26.5 Å². The first kappa shape index (κ1) is 23.3. The Morgan fingerprint density at radius 1 is 1.11 bits per heavy atom. The first-order valence-corrected chi connectivity index (χ1v) is 12.1. The second kappa shape index (κ2) is 8.99. The van der Waals surface area contributed by atoms with Crippen LogP contribution in [0.2, 0.25) is 0 Å². The van der Waals surface area contributed by atoms with Crippen molar-refractivity contribution in [2.24, 2.45) is 5.92 Å². The quantitative estimate of drug-likeness (QED) is 0.573. The van der Waals surface area contributed by atoms with Gasteiger partial charge in [-0.3, -0.25) is 4.79 Å². The highest BCUT2D eigenvalue weighted by Gasteiger charge is 2.38. The molecule has 3 aromatic heterocycles. The molecular formula is C25H34N8O2. The molecule has 35 heavy (non-hydrogen) atoms. The van der Waals surface area contributed by atoms with Crippen LogP contribution in [0.3, 0.4) is 0 Å². The summed E-state index contributed by atoms with van der Waals surface area (Å²) in [4.78, 5) is 33.7. The molecule has 1 unspecified atom stereocenters. The predicted octanol–water partition coefficient (Wildman–Crippen LogP) is 1.76. The maximum Gasteiger partial charge on any atom is 0.227 e. The van der Waals surface area contributed by atoms with Gasteiger partial charge >= 0.3 is 0 Å². The van der Waals surface area contributed by atoms with Crippen LogP contribution in [0.25, 0.3) is 5.65 Å². The van der Waals surface area contributed by atoms with Gasteiger partial charge in [0.05, 0.1) is 36.7 Å². The number of carbonyl (C=O) groups excluding carboxylic acids is 1. The SMILES string of the molecule is COc1cnc(N2CCN(C)C(C)C2)nc1N1CC(C(=O)NC(C)(C)c2cnc3ccccn23)C1. The molecule has 2 aliphatic rings. The van der Waals surface area contributed by atoms with Gasteiger partial charge in [0.2, 0.25) is 11.9 Å². The summed E-state index contributed by atoms with van der Waals surface area (Å²) in [7, 11) is 3.77. The highest BCUT2D eigenvalue weighted by Crippen LogP contribution is 2.33. The van der Waals surface area contributed by atoms with Gasteiger partial charge in [-0.05, 0) is 40.0 Å². The Bertz CT molecular complexity index is 1220. The third kappa shape index (κ3) is 4.38. The Labute approximate surface area is 205 Å². The molecule has 0 radical (unpaired) electrons. The third-order valence-corrected chi connectivity index (χ3v) is 7.23. The standard InChI is InChI=1S/C25H34N8O2/c1-17-14-31(11-10-30(17)4)24-27-12-19(35-5)22(28-24)32-15-18(16-32)23(34)29-25(2,3)20-13-26-21-8-6-7-9-33(20)21/h6-9,12-13,17-18H,10-11,14-16H2,1-5H3,(H,29,34). The van der Waals surface area contributed by atoms with Gasteiger partial charge in [-0.1, -0.05) is 6.07 Å². The summed E-state index contributed by atoms with van der Waals surface area (Å²) >= 11 is 0. The zero-order valence-corrected chi connectivity index (χ0v) is 21.1. The monoisotopic (exact) mass is 478 g/mol. The molecule has 0 spiro atoms. The van der Waals surface area contributed by atoms with E-state index in [1.54, 1.807) is 13.3 Å². The molecule has 1 amide bonds. The second-order valence-corrected chi connectivity index (χ2v) is 10.1. The number of amides is 1. The second-order valence-electron chi connectivity index (χ2n) is 10.1. The van der Waals surface area contributed by atoms with Crippen molar-refractivity contribution in [1.29, 1.82) is 0 Å². The molecule has 10 nitrogen and oxygen atoms in total. The number of fused-ring (bicyclic) bond motifs is 1. The molecule has 0 bridgehead atoms. The average Bonchev–Trinajstić information content (AvgIpc) is 3.25. The number of anilines is 2. The molecule has 0 aromatic carbocycles. The maximum absolute atomic E-state index is 13.1. The fourth-order valence-electron chi connectivity index (χ4n) is 4.79. The molecule has 0 aliphatic carbocycles. The predicted molar refractivity (Wildman–Crippen MR) is 135 cm³/mol. The lowest BCUT2D eigenvalue weighted by Crippen LogP contribution is -2.57. The number of carbonyl (C=O) groups is 1. The number of piperazine rings is 1. The zero-order valence-electron chi connectivity index (χ0n) is 21.1. The van der Waals surface area contributed by atoms with Crippen LogP contribution >= 0.6 is 0 Å². The van der Waals surface area contributed by atoms with Crippen molar-refractivity contribution < 1.29 is 9.53 Å². The lowest BCUT2D eigenvalue weighted by Gasteiger charge is -2.41. The normalized spacial score (nSPS) is 19.6. The van der Waals surface area contributed by atoms with Crippen LogP contribution in [-0.4, -0.2) is 83.1 Å². The van der Waals surface area contributed by atoms with Crippen LogP contribution in [0.4, 0.5) is 11.8 Å². The number of pyridine rings is 1. The number of aromatic nitrogens is 4. The molecule has 2 fully saturated rings. The molecular weight excluding hydrogens is 444 g/mol. The van der Waals surface area contributed by atoms with Gasteiger partial charge in [0.1, 0.15) is 5.65 Å². The fraction of sp³-hybridized carbons (Fsp3) is 0.520. The Balaban J connectivity index is 1.26. The number of hydrogen-bond donors (Lipinski definition) is 1. The summed E-state index contributed by atoms with van der Waals surface area (Å²) < 4.78 is 7.56. The van der Waals surface area contributed by atoms with E-state index in [9.17, 15) is 4.79 Å². The lowest BCUT2D eigenvalue weighted by atomic mass is 9.95. The molecule has 10 heteroatoms. The molecule has 186 valence electrons. The molecule has 0 saturated carbocycles. The Morgan fingerprint density at radius 3 is 2.66 bits per heavy atom. The number of nitrogens with one attached hydrogen (secondary N) is 1. The van der Waals surface area contributed by atoms with Crippen LogP contribution in [0, 0.1) is 5.92 Å². The maximum atomic E-state index is 13.1. The number of likely N-dealkylation sites (N-methyl/N-ethyl adjacent to an activating group) is 1. The highest BCUT2D eigenvalue weighted by atomic mass is 16.5. The van der Waals surface area contributed by atoms with E-state index in [0.717, 1.165) is 36.8 Å². The summed E-state index contributed by atoms with van der Waals surface area (Å²) in [6.45, 7) is 10.1. The summed E-state index contributed by atoms with van der Waals surface area (Å²) in [6.07, 6.45) is 5.54. The Kier molecular flexibility index (Phi) is 6.00. The number of ether oxygens (including phenoxy) is 1. The van der Waals surface area contributed by atoms with Gasteiger partial charge in [-0.25, -0.2) is 9.97 Å². The van der Waals surface area contributed by atoms with Crippen LogP contribution in [-0.2, 0) is 10.3 Å². The Hall–Kier alpha value is -3.40. The van der Waals surface area contributed by atoms with Gasteiger partial charge in [0.25, 0.3) is 0 Å². The van der Waals surface area contributed by atoms with Gasteiger partial charge in [0.15, 0.2) is 11.6 Å². The fourth-order valence-corrected chi connectivity index (χ4v) is 4.79. The van der Waals surface area contributed by atoms with E-state index in [1.165, 1.54) is 0 Å². The number of hydrogen-bond acceptors (Lipinski definition) is 8. The molecule has 3 aromatic rings. The number of rotatable bonds is 6. The third-order valence-electron chi connectivity index (χ3n) is 7.23. The summed E-state index contributed by atoms with van der Waals surface area (Å²) in [6, 6.07) is 6.31. The summed E-state index contributed by atoms with van der Waals surface area (Å²) in [5.74, 6) is 1.98. The molecule has 2 saturated heterocycles. The van der Waals surface area contributed by atoms with Crippen molar-refractivity contribution in [3.8, 4) is 5.75 Å². The van der Waals surface area contributed by atoms with Gasteiger partial charge in [-0.15, -0.1) is 0 Å². The van der Waals surface area contributed by atoms with Crippen LogP contribution in [0.15, 0.2) is 36.8 Å². The smallest absolute Gasteiger partial charge is 0.227 e. The van der Waals surface area contributed by atoms with Gasteiger partial charge in [0, 0.05) is 45.0 Å². The van der Waals surface area contributed by atoms with Crippen LogP contribution < -0.4 is 19.9 Å². The molecule has 5 heterocycles. The number of nitrogens with zero attached hydrogens (tertiary/aromatic N) is 7. The molecule has 1 atom stereocenters. The van der Waals surface area contributed by atoms with Crippen molar-refractivity contribution >= 4 is 23.3 Å². The minimum Gasteiger partial charge on any atom is -0.491 e. The zero-order chi connectivity index (χ0) is 24.7. The molecule has 5 rings (SSSR count). The van der Waals surface area contributed by atoms with Crippen molar-refractivity contribution in [1.82, 2.24) is 29.6 Å². The van der Waals surface area contributed by atoms with E-state index in [1.807, 2.05) is 48.8 Å². The van der Waals surface area contributed by atoms with Crippen LogP contribution in [0.5, 0.6) is 5.75 Å². The minimum absolute atomic E-state index is 0.0262. The first-order valence-electron chi connectivity index (χ1n) is 12.1. The summed E-state index contributed by atoms with van der Waals surface area (Å²) in [5.41, 5.74) is 1.25. The van der Waals surface area contributed by atoms with Gasteiger partial charge in [-0.2, -0.15) is 4.98 Å². The van der Waals surface area contributed by atoms with Crippen molar-refractivity contribution in [2.45, 2.75) is 32.4 Å². The largest absolute Gasteiger partial charge is 0.491 e. The topological polar surface area (TPSA) is 91.1 Å². The summed E-state index contributed by atoms with van der Waals surface area (Å²) in [5, 5.41) is 3.22. The van der Waals surface area contributed by atoms with Crippen molar-refractivity contribution in [3.63, 3.8) is 0 Å². The van der Waals surface area contributed by atoms with E-state index >= 15 is 0 Å². The first-order chi connectivity index (χ1) is 16.8. The average molecular weight is 479 g/mol. The van der Waals surface area contributed by atoms with Crippen molar-refractivity contribution in [2.75, 3.05) is 56.7 Å². The molecule has 1 N–H and O–H groups in total. The van der Waals surface area contributed by atoms with Gasteiger partial charge < -0.3 is 29.2 Å². The molecule has 2 aliphatic heterocycles. The van der Waals surface area contributed by atoms with E-state index in [4.69, 9.17) is 9.72 Å². The number of imidazole rings is 1. The highest BCUT2D eigenvalue weighted by molar-refractivity contribution is 5.83. The van der Waals surface area contributed by atoms with E-state index in [-0.39, 0.29) is 11.8 Å². The number of methoxy groups -OCH3 is 1. The lowest BCUT2D eigenvalue weighted by molar-refractivity contribution is -0.127.